The highest BCUT2D eigenvalue weighted by Gasteiger charge is 1.70. The molecule has 0 saturated carbocycles. The summed E-state index contributed by atoms with van der Waals surface area (Å²) < 4.78 is 10.9. The maximum Gasteiger partial charge on any atom is 0.105 e. The van der Waals surface area contributed by atoms with Gasteiger partial charge in [0.1, 0.15) is 6.33 Å². The van der Waals surface area contributed by atoms with E-state index >= 15 is 0 Å². The van der Waals surface area contributed by atoms with Crippen LogP contribution in [0.5, 0.6) is 0 Å². The van der Waals surface area contributed by atoms with Crippen molar-refractivity contribution < 1.29 is 9.60 Å². The summed E-state index contributed by atoms with van der Waals surface area (Å²) in [6, 6.07) is 0. The van der Waals surface area contributed by atoms with E-state index in [1.165, 1.54) is 7.05 Å². The molecule has 0 aliphatic rings. The number of rotatable bonds is 1. The summed E-state index contributed by atoms with van der Waals surface area (Å²) in [5, 5.41) is 8.68. The number of hydroxylamine groups is 2. The van der Waals surface area contributed by atoms with Gasteiger partial charge in [-0.25, -0.2) is 4.39 Å². The zero-order chi connectivity index (χ0) is 4.99. The average Bonchev–Trinajstić information content (AvgIpc) is 1.35. The molecule has 1 N–H and O–H groups in total. The van der Waals surface area contributed by atoms with Crippen LogP contribution in [0.1, 0.15) is 0 Å². The molecule has 0 spiro atoms. The highest BCUT2D eigenvalue weighted by atomic mass is 19.1. The Kier molecular flexibility index (Phi) is 2.40. The minimum Gasteiger partial charge on any atom is -0.289 e. The molecule has 0 unspecified atom stereocenters. The topological polar surface area (TPSA) is 23.5 Å². The zero-order valence-electron chi connectivity index (χ0n) is 3.43. The van der Waals surface area contributed by atoms with Gasteiger partial charge in [-0.15, -0.1) is 0 Å². The Labute approximate surface area is 35.5 Å². The molecule has 0 aromatic rings. The highest BCUT2D eigenvalue weighted by Crippen LogP contribution is 1.73. The molecule has 0 radical (unpaired) electrons. The van der Waals surface area contributed by atoms with Gasteiger partial charge in [0.2, 0.25) is 0 Å². The van der Waals surface area contributed by atoms with Crippen molar-refractivity contribution in [2.75, 3.05) is 7.05 Å². The van der Waals surface area contributed by atoms with E-state index in [0.29, 0.717) is 5.06 Å². The lowest BCUT2D eigenvalue weighted by Crippen LogP contribution is -2.00. The molecule has 0 rings (SSSR count). The van der Waals surface area contributed by atoms with Gasteiger partial charge in [-0.2, -0.15) is 0 Å². The molecule has 36 valence electrons. The van der Waals surface area contributed by atoms with Crippen LogP contribution in [0.25, 0.3) is 0 Å². The van der Waals surface area contributed by atoms with E-state index in [9.17, 15) is 4.39 Å². The number of hydrogen-bond donors (Lipinski definition) is 1. The van der Waals surface area contributed by atoms with E-state index < -0.39 is 0 Å². The lowest BCUT2D eigenvalue weighted by Gasteiger charge is -1.96. The lowest BCUT2D eigenvalue weighted by atomic mass is 11.0. The fourth-order valence-electron chi connectivity index (χ4n) is 0.0815. The van der Waals surface area contributed by atoms with Gasteiger partial charge in [-0.1, -0.05) is 0 Å². The van der Waals surface area contributed by atoms with Crippen LogP contribution >= 0.6 is 0 Å². The van der Waals surface area contributed by atoms with Gasteiger partial charge in [0.15, 0.2) is 0 Å². The quantitative estimate of drug-likeness (QED) is 0.481. The summed E-state index contributed by atoms with van der Waals surface area (Å²) in [6.45, 7) is 0. The Morgan fingerprint density at radius 2 is 2.33 bits per heavy atom. The van der Waals surface area contributed by atoms with Crippen molar-refractivity contribution in [1.29, 1.82) is 0 Å². The van der Waals surface area contributed by atoms with Gasteiger partial charge in [0.25, 0.3) is 0 Å². The monoisotopic (exact) mass is 91.0 g/mol. The second-order valence-corrected chi connectivity index (χ2v) is 0.849. The number of halogens is 1. The largest absolute Gasteiger partial charge is 0.289 e. The van der Waals surface area contributed by atoms with Crippen LogP contribution < -0.4 is 0 Å². The van der Waals surface area contributed by atoms with Crippen LogP contribution in [0.15, 0.2) is 12.5 Å². The summed E-state index contributed by atoms with van der Waals surface area (Å²) >= 11 is 0. The van der Waals surface area contributed by atoms with Crippen LogP contribution in [-0.2, 0) is 0 Å². The van der Waals surface area contributed by atoms with Crippen LogP contribution in [0.4, 0.5) is 4.39 Å². The smallest absolute Gasteiger partial charge is 0.105 e. The molecule has 0 aliphatic heterocycles. The summed E-state index contributed by atoms with van der Waals surface area (Å²) in [5.41, 5.74) is 0. The standard InChI is InChI=1S/C3H6FNO/c1-5(6)3-2-4/h2-3,6H,1H3/b3-2+. The summed E-state index contributed by atoms with van der Waals surface area (Å²) in [6.07, 6.45) is 1.14. The minimum absolute atomic E-state index is 0.250. The first kappa shape index (κ1) is 5.43. The maximum absolute atomic E-state index is 10.9. The predicted octanol–water partition coefficient (Wildman–Crippen LogP) is 0.748. The van der Waals surface area contributed by atoms with E-state index in [1.54, 1.807) is 0 Å². The van der Waals surface area contributed by atoms with Crippen molar-refractivity contribution in [3.05, 3.63) is 12.5 Å². The van der Waals surface area contributed by atoms with E-state index in [-0.39, 0.29) is 6.33 Å². The first-order chi connectivity index (χ1) is 2.77. The Balaban J connectivity index is 3.03. The first-order valence-electron chi connectivity index (χ1n) is 1.46. The lowest BCUT2D eigenvalue weighted by molar-refractivity contribution is -0.0139. The molecule has 0 aromatic heterocycles. The van der Waals surface area contributed by atoms with Crippen molar-refractivity contribution in [3.63, 3.8) is 0 Å². The summed E-state index contributed by atoms with van der Waals surface area (Å²) in [5.74, 6) is 0. The predicted molar refractivity (Wildman–Crippen MR) is 19.8 cm³/mol. The van der Waals surface area contributed by atoms with Crippen molar-refractivity contribution in [2.24, 2.45) is 0 Å². The fourth-order valence-corrected chi connectivity index (χ4v) is 0.0815. The Hall–Kier alpha value is -0.570. The van der Waals surface area contributed by atoms with Crippen LogP contribution in [0.3, 0.4) is 0 Å². The molecule has 0 aromatic carbocycles. The van der Waals surface area contributed by atoms with Crippen LogP contribution in [0.2, 0.25) is 0 Å². The third-order valence-electron chi connectivity index (χ3n) is 0.272. The Morgan fingerprint density at radius 3 is 2.33 bits per heavy atom. The molecule has 3 heteroatoms. The van der Waals surface area contributed by atoms with Crippen molar-refractivity contribution in [1.82, 2.24) is 5.06 Å². The van der Waals surface area contributed by atoms with Crippen molar-refractivity contribution in [3.8, 4) is 0 Å². The molecule has 0 atom stereocenters. The molecule has 0 amide bonds. The molecular formula is C3H6FNO. The average molecular weight is 91.1 g/mol. The number of hydrogen-bond acceptors (Lipinski definition) is 2. The van der Waals surface area contributed by atoms with E-state index in [4.69, 9.17) is 5.21 Å². The Morgan fingerprint density at radius 1 is 1.83 bits per heavy atom. The molecule has 0 heterocycles. The van der Waals surface area contributed by atoms with Gasteiger partial charge in [-0.3, -0.25) is 10.3 Å². The summed E-state index contributed by atoms with van der Waals surface area (Å²) in [4.78, 5) is 0. The molecule has 0 saturated heterocycles. The molecule has 0 aliphatic carbocycles. The normalized spacial score (nSPS) is 9.83. The minimum atomic E-state index is 0.250. The van der Waals surface area contributed by atoms with Gasteiger partial charge >= 0.3 is 0 Å². The van der Waals surface area contributed by atoms with E-state index in [0.717, 1.165) is 6.20 Å². The molecular weight excluding hydrogens is 85.0 g/mol. The molecule has 0 bridgehead atoms. The Bertz CT molecular complexity index is 52.8. The van der Waals surface area contributed by atoms with Gasteiger partial charge in [0, 0.05) is 7.05 Å². The molecule has 2 nitrogen and oxygen atoms in total. The van der Waals surface area contributed by atoms with Crippen LogP contribution in [-0.4, -0.2) is 17.3 Å². The molecule has 0 fully saturated rings. The highest BCUT2D eigenvalue weighted by molar-refractivity contribution is 4.62. The molecule has 6 heavy (non-hydrogen) atoms. The maximum atomic E-state index is 10.9. The van der Waals surface area contributed by atoms with E-state index in [2.05, 4.69) is 0 Å². The van der Waals surface area contributed by atoms with Crippen LogP contribution in [0, 0.1) is 0 Å². The summed E-state index contributed by atoms with van der Waals surface area (Å²) in [7, 11) is 1.32. The third-order valence-corrected chi connectivity index (χ3v) is 0.272. The first-order valence-corrected chi connectivity index (χ1v) is 1.46. The SMILES string of the molecule is CN(O)/C=C/F. The van der Waals surface area contributed by atoms with Crippen molar-refractivity contribution >= 4 is 0 Å². The zero-order valence-corrected chi connectivity index (χ0v) is 3.43. The van der Waals surface area contributed by atoms with Gasteiger partial charge < -0.3 is 0 Å². The second kappa shape index (κ2) is 2.66. The van der Waals surface area contributed by atoms with Crippen molar-refractivity contribution in [2.45, 2.75) is 0 Å². The van der Waals surface area contributed by atoms with E-state index in [1.807, 2.05) is 0 Å². The fraction of sp³-hybridized carbons (Fsp3) is 0.333. The third kappa shape index (κ3) is 3.43. The van der Waals surface area contributed by atoms with Gasteiger partial charge in [-0.05, 0) is 0 Å². The second-order valence-electron chi connectivity index (χ2n) is 0.849. The van der Waals surface area contributed by atoms with Gasteiger partial charge in [0.05, 0.1) is 6.20 Å². The number of nitrogens with zero attached hydrogens (tertiary/aromatic N) is 1.